The monoisotopic (exact) mass is 385 g/mol. The Morgan fingerprint density at radius 1 is 0.889 bits per heavy atom. The van der Waals surface area contributed by atoms with Crippen LogP contribution in [-0.2, 0) is 19.3 Å². The lowest BCUT2D eigenvalue weighted by Crippen LogP contribution is -2.13. The summed E-state index contributed by atoms with van der Waals surface area (Å²) in [4.78, 5) is 12.8. The van der Waals surface area contributed by atoms with Crippen molar-refractivity contribution in [3.05, 3.63) is 39.1 Å². The molecule has 0 saturated heterocycles. The van der Waals surface area contributed by atoms with Crippen LogP contribution in [0.2, 0.25) is 0 Å². The number of nitrogens with one attached hydrogen (secondary N) is 1. The predicted octanol–water partition coefficient (Wildman–Crippen LogP) is 7.13. The third kappa shape index (κ3) is 4.37. The highest BCUT2D eigenvalue weighted by atomic mass is 32.1. The van der Waals surface area contributed by atoms with Gasteiger partial charge in [-0.15, -0.1) is 11.3 Å². The van der Waals surface area contributed by atoms with Gasteiger partial charge < -0.3 is 10.1 Å². The summed E-state index contributed by atoms with van der Waals surface area (Å²) < 4.78 is 6.24. The van der Waals surface area contributed by atoms with Crippen molar-refractivity contribution in [2.45, 2.75) is 78.6 Å². The molecule has 2 aromatic rings. The summed E-state index contributed by atoms with van der Waals surface area (Å²) in [7, 11) is 0. The molecule has 0 fully saturated rings. The third-order valence-corrected chi connectivity index (χ3v) is 6.02. The first kappa shape index (κ1) is 19.9. The second-order valence-corrected chi connectivity index (χ2v) is 8.13. The quantitative estimate of drug-likeness (QED) is 0.498. The smallest absolute Gasteiger partial charge is 0.260 e. The van der Waals surface area contributed by atoms with Gasteiger partial charge in [0, 0.05) is 10.8 Å². The van der Waals surface area contributed by atoms with Gasteiger partial charge in [-0.1, -0.05) is 40.0 Å². The lowest BCUT2D eigenvalue weighted by atomic mass is 9.89. The number of anilines is 1. The van der Waals surface area contributed by atoms with Crippen LogP contribution >= 0.6 is 11.3 Å². The second-order valence-electron chi connectivity index (χ2n) is 7.38. The van der Waals surface area contributed by atoms with E-state index in [9.17, 15) is 4.79 Å². The molecule has 3 nitrogen and oxygen atoms in total. The fourth-order valence-corrected chi connectivity index (χ4v) is 4.47. The first-order valence-electron chi connectivity index (χ1n) is 10.4. The minimum atomic E-state index is -0.0505. The fourth-order valence-electron chi connectivity index (χ4n) is 3.74. The largest absolute Gasteiger partial charge is 0.453 e. The van der Waals surface area contributed by atoms with E-state index in [1.807, 2.05) is 10.8 Å². The van der Waals surface area contributed by atoms with Crippen molar-refractivity contribution in [3.63, 3.8) is 0 Å². The van der Waals surface area contributed by atoms with Crippen molar-refractivity contribution in [2.24, 2.45) is 0 Å². The molecule has 27 heavy (non-hydrogen) atoms. The predicted molar refractivity (Wildman–Crippen MR) is 115 cm³/mol. The van der Waals surface area contributed by atoms with Crippen LogP contribution in [0.1, 0.15) is 86.3 Å². The lowest BCUT2D eigenvalue weighted by molar-refractivity contribution is 0.102. The van der Waals surface area contributed by atoms with Gasteiger partial charge in [0.05, 0.1) is 11.3 Å². The van der Waals surface area contributed by atoms with Crippen molar-refractivity contribution in [1.29, 1.82) is 0 Å². The highest BCUT2D eigenvalue weighted by Crippen LogP contribution is 2.43. The Morgan fingerprint density at radius 2 is 1.56 bits per heavy atom. The molecule has 0 saturated carbocycles. The number of carbonyl (C=O) groups excluding carboxylic acids is 1. The molecule has 0 spiro atoms. The number of rotatable bonds is 9. The van der Waals surface area contributed by atoms with Gasteiger partial charge in [-0.05, 0) is 61.3 Å². The van der Waals surface area contributed by atoms with Crippen LogP contribution in [0.5, 0.6) is 11.5 Å². The minimum absolute atomic E-state index is 0.0505. The van der Waals surface area contributed by atoms with Crippen LogP contribution in [0.25, 0.3) is 0 Å². The molecule has 0 bridgehead atoms. The van der Waals surface area contributed by atoms with Gasteiger partial charge in [-0.25, -0.2) is 0 Å². The van der Waals surface area contributed by atoms with Crippen LogP contribution in [-0.4, -0.2) is 5.91 Å². The second kappa shape index (κ2) is 9.41. The standard InChI is InChI=1S/C23H31NO2S/c1-4-7-10-16-13-20-22(18(12-9-6-3)17(16)11-8-5-2)24-23(25)19-14-27-15-21(19)26-20/h13-15H,4-12H2,1-3H3,(H,24,25). The van der Waals surface area contributed by atoms with Crippen LogP contribution < -0.4 is 10.1 Å². The summed E-state index contributed by atoms with van der Waals surface area (Å²) in [6.07, 6.45) is 10.1. The fraction of sp³-hybridized carbons (Fsp3) is 0.522. The van der Waals surface area contributed by atoms with Crippen LogP contribution in [0.15, 0.2) is 16.8 Å². The molecular formula is C23H31NO2S. The van der Waals surface area contributed by atoms with E-state index in [1.165, 1.54) is 53.7 Å². The van der Waals surface area contributed by atoms with Gasteiger partial charge in [0.1, 0.15) is 0 Å². The van der Waals surface area contributed by atoms with E-state index in [0.717, 1.165) is 43.5 Å². The van der Waals surface area contributed by atoms with Crippen LogP contribution in [0.4, 0.5) is 5.69 Å². The Morgan fingerprint density at radius 3 is 2.26 bits per heavy atom. The van der Waals surface area contributed by atoms with E-state index < -0.39 is 0 Å². The molecule has 1 N–H and O–H groups in total. The summed E-state index contributed by atoms with van der Waals surface area (Å²) in [5.74, 6) is 1.45. The third-order valence-electron chi connectivity index (χ3n) is 5.30. The van der Waals surface area contributed by atoms with Gasteiger partial charge in [0.2, 0.25) is 0 Å². The molecule has 3 rings (SSSR count). The van der Waals surface area contributed by atoms with E-state index in [1.54, 1.807) is 0 Å². The number of thiophene rings is 1. The van der Waals surface area contributed by atoms with E-state index in [0.29, 0.717) is 11.3 Å². The zero-order valence-corrected chi connectivity index (χ0v) is 17.6. The summed E-state index contributed by atoms with van der Waals surface area (Å²) >= 11 is 1.51. The highest BCUT2D eigenvalue weighted by Gasteiger charge is 2.26. The molecule has 1 aliphatic heterocycles. The molecule has 0 radical (unpaired) electrons. The molecule has 146 valence electrons. The van der Waals surface area contributed by atoms with Crippen molar-refractivity contribution in [2.75, 3.05) is 5.32 Å². The number of fused-ring (bicyclic) bond motifs is 2. The number of benzene rings is 1. The maximum Gasteiger partial charge on any atom is 0.260 e. The maximum atomic E-state index is 12.8. The number of ether oxygens (including phenoxy) is 1. The average Bonchev–Trinajstić information content (AvgIpc) is 3.08. The molecule has 2 heterocycles. The molecule has 0 atom stereocenters. The number of hydrogen-bond donors (Lipinski definition) is 1. The number of unbranched alkanes of at least 4 members (excludes halogenated alkanes) is 3. The molecular weight excluding hydrogens is 354 g/mol. The number of hydrogen-bond acceptors (Lipinski definition) is 3. The molecule has 0 unspecified atom stereocenters. The lowest BCUT2D eigenvalue weighted by Gasteiger charge is -2.21. The van der Waals surface area contributed by atoms with Gasteiger partial charge in [0.15, 0.2) is 11.5 Å². The van der Waals surface area contributed by atoms with Gasteiger partial charge in [-0.2, -0.15) is 0 Å². The number of aryl methyl sites for hydroxylation is 1. The SMILES string of the molecule is CCCCc1cc2c(c(CCCC)c1CCCC)NC(=O)c1cscc1O2. The van der Waals surface area contributed by atoms with Crippen molar-refractivity contribution in [1.82, 2.24) is 0 Å². The molecule has 1 amide bonds. The molecule has 1 aliphatic rings. The summed E-state index contributed by atoms with van der Waals surface area (Å²) in [5, 5.41) is 6.98. The Kier molecular flexibility index (Phi) is 6.95. The minimum Gasteiger partial charge on any atom is -0.453 e. The number of carbonyl (C=O) groups is 1. The number of amides is 1. The Labute approximate surface area is 167 Å². The van der Waals surface area contributed by atoms with E-state index >= 15 is 0 Å². The molecule has 1 aromatic heterocycles. The topological polar surface area (TPSA) is 38.3 Å². The zero-order valence-electron chi connectivity index (χ0n) is 16.8. The van der Waals surface area contributed by atoms with Gasteiger partial charge >= 0.3 is 0 Å². The first-order chi connectivity index (χ1) is 13.2. The van der Waals surface area contributed by atoms with Gasteiger partial charge in [-0.3, -0.25) is 4.79 Å². The summed E-state index contributed by atoms with van der Waals surface area (Å²) in [6.45, 7) is 6.70. The van der Waals surface area contributed by atoms with E-state index in [4.69, 9.17) is 4.74 Å². The highest BCUT2D eigenvalue weighted by molar-refractivity contribution is 7.08. The van der Waals surface area contributed by atoms with E-state index in [2.05, 4.69) is 32.2 Å². The van der Waals surface area contributed by atoms with Crippen LogP contribution in [0.3, 0.4) is 0 Å². The van der Waals surface area contributed by atoms with Crippen molar-refractivity contribution in [3.8, 4) is 11.5 Å². The Balaban J connectivity index is 2.12. The Bertz CT molecular complexity index is 794. The Hall–Kier alpha value is -1.81. The first-order valence-corrected chi connectivity index (χ1v) is 11.4. The van der Waals surface area contributed by atoms with Gasteiger partial charge in [0.25, 0.3) is 5.91 Å². The molecule has 1 aromatic carbocycles. The van der Waals surface area contributed by atoms with Crippen molar-refractivity contribution >= 4 is 22.9 Å². The normalized spacial score (nSPS) is 12.8. The van der Waals surface area contributed by atoms with E-state index in [-0.39, 0.29) is 5.91 Å². The molecule has 4 heteroatoms. The van der Waals surface area contributed by atoms with Crippen molar-refractivity contribution < 1.29 is 9.53 Å². The molecule has 0 aliphatic carbocycles. The average molecular weight is 386 g/mol. The maximum absolute atomic E-state index is 12.8. The summed E-state index contributed by atoms with van der Waals surface area (Å²) in [5.41, 5.74) is 5.70. The summed E-state index contributed by atoms with van der Waals surface area (Å²) in [6, 6.07) is 2.19. The zero-order chi connectivity index (χ0) is 19.2. The van der Waals surface area contributed by atoms with Crippen LogP contribution in [0, 0.1) is 0 Å².